The van der Waals surface area contributed by atoms with E-state index in [1.54, 1.807) is 13.2 Å². The lowest BCUT2D eigenvalue weighted by atomic mass is 10.0. The van der Waals surface area contributed by atoms with Crippen LogP contribution in [0.25, 0.3) is 10.8 Å². The normalized spacial score (nSPS) is 12.0. The highest BCUT2D eigenvalue weighted by molar-refractivity contribution is 9.10. The van der Waals surface area contributed by atoms with E-state index in [4.69, 9.17) is 9.47 Å². The summed E-state index contributed by atoms with van der Waals surface area (Å²) in [7, 11) is -0.374. The third kappa shape index (κ3) is 4.45. The Hall–Kier alpha value is -1.35. The fourth-order valence-corrected chi connectivity index (χ4v) is 10.2. The van der Waals surface area contributed by atoms with Crippen LogP contribution in [0.4, 0.5) is 4.39 Å². The summed E-state index contributed by atoms with van der Waals surface area (Å²) < 4.78 is 26.1. The number of hydrogen-bond acceptors (Lipinski definition) is 2. The molecule has 2 aromatic carbocycles. The first-order valence-corrected chi connectivity index (χ1v) is 12.7. The maximum absolute atomic E-state index is 14.8. The van der Waals surface area contributed by atoms with Gasteiger partial charge in [-0.2, -0.15) is 0 Å². The van der Waals surface area contributed by atoms with Crippen LogP contribution in [0.3, 0.4) is 0 Å². The molecule has 0 bridgehead atoms. The molecule has 5 heteroatoms. The highest BCUT2D eigenvalue weighted by atomic mass is 79.9. The first-order chi connectivity index (χ1) is 13.1. The molecule has 0 aliphatic rings. The molecule has 152 valence electrons. The minimum absolute atomic E-state index is 0.164. The molecule has 2 rings (SSSR count). The van der Waals surface area contributed by atoms with Gasteiger partial charge in [-0.25, -0.2) is 4.39 Å². The zero-order valence-electron chi connectivity index (χ0n) is 17.8. The van der Waals surface area contributed by atoms with Crippen LogP contribution in [0.5, 0.6) is 5.75 Å². The zero-order valence-corrected chi connectivity index (χ0v) is 20.4. The van der Waals surface area contributed by atoms with E-state index < -0.39 is 8.07 Å². The first kappa shape index (κ1) is 22.9. The fraction of sp³-hybridized carbons (Fsp3) is 0.478. The molecule has 28 heavy (non-hydrogen) atoms. The Morgan fingerprint density at radius 2 is 1.64 bits per heavy atom. The lowest BCUT2D eigenvalue weighted by molar-refractivity contribution is 0.0512. The Morgan fingerprint density at radius 3 is 2.18 bits per heavy atom. The van der Waals surface area contributed by atoms with Crippen LogP contribution in [-0.2, 0) is 4.74 Å². The van der Waals surface area contributed by atoms with Gasteiger partial charge in [-0.3, -0.25) is 0 Å². The van der Waals surface area contributed by atoms with Crippen LogP contribution in [0.2, 0.25) is 16.6 Å². The van der Waals surface area contributed by atoms with Crippen molar-refractivity contribution in [1.82, 2.24) is 0 Å². The highest BCUT2D eigenvalue weighted by Crippen LogP contribution is 2.41. The van der Waals surface area contributed by atoms with E-state index in [1.165, 1.54) is 6.07 Å². The molecule has 0 saturated heterocycles. The maximum Gasteiger partial charge on any atom is 0.188 e. The van der Waals surface area contributed by atoms with Crippen molar-refractivity contribution >= 4 is 34.8 Å². The van der Waals surface area contributed by atoms with E-state index >= 15 is 0 Å². The van der Waals surface area contributed by atoms with Crippen LogP contribution in [0.15, 0.2) is 28.7 Å². The second-order valence-electron chi connectivity index (χ2n) is 8.12. The summed E-state index contributed by atoms with van der Waals surface area (Å²) in [4.78, 5) is 0. The van der Waals surface area contributed by atoms with Crippen molar-refractivity contribution < 1.29 is 13.9 Å². The van der Waals surface area contributed by atoms with E-state index in [9.17, 15) is 4.39 Å². The molecule has 0 N–H and O–H groups in total. The van der Waals surface area contributed by atoms with Crippen molar-refractivity contribution in [3.8, 4) is 17.2 Å². The van der Waals surface area contributed by atoms with Gasteiger partial charge in [0.25, 0.3) is 0 Å². The van der Waals surface area contributed by atoms with Crippen molar-refractivity contribution in [2.24, 2.45) is 0 Å². The molecule has 2 aromatic rings. The van der Waals surface area contributed by atoms with Crippen molar-refractivity contribution in [3.05, 3.63) is 40.1 Å². The van der Waals surface area contributed by atoms with E-state index in [-0.39, 0.29) is 12.6 Å². The quantitative estimate of drug-likeness (QED) is 0.253. The molecule has 0 fully saturated rings. The topological polar surface area (TPSA) is 18.5 Å². The lowest BCUT2D eigenvalue weighted by Gasteiger charge is -2.38. The highest BCUT2D eigenvalue weighted by Gasteiger charge is 2.41. The minimum Gasteiger partial charge on any atom is -0.468 e. The van der Waals surface area contributed by atoms with Crippen LogP contribution in [0.1, 0.15) is 47.1 Å². The van der Waals surface area contributed by atoms with Gasteiger partial charge in [0, 0.05) is 17.0 Å². The third-order valence-corrected chi connectivity index (χ3v) is 12.5. The average Bonchev–Trinajstić information content (AvgIpc) is 2.61. The number of benzene rings is 2. The van der Waals surface area contributed by atoms with Crippen LogP contribution in [-0.4, -0.2) is 22.0 Å². The second kappa shape index (κ2) is 9.43. The third-order valence-electron chi connectivity index (χ3n) is 5.61. The molecular weight excluding hydrogens is 435 g/mol. The van der Waals surface area contributed by atoms with Crippen molar-refractivity contribution in [2.45, 2.75) is 58.2 Å². The van der Waals surface area contributed by atoms with Crippen molar-refractivity contribution in [1.29, 1.82) is 0 Å². The summed E-state index contributed by atoms with van der Waals surface area (Å²) >= 11 is 3.59. The van der Waals surface area contributed by atoms with E-state index in [1.807, 2.05) is 12.1 Å². The number of halogens is 2. The number of methoxy groups -OCH3 is 1. The number of ether oxygens (including phenoxy) is 2. The first-order valence-electron chi connectivity index (χ1n) is 9.71. The van der Waals surface area contributed by atoms with Crippen LogP contribution in [0, 0.1) is 17.3 Å². The summed E-state index contributed by atoms with van der Waals surface area (Å²) in [5, 5.41) is 1.67. The smallest absolute Gasteiger partial charge is 0.188 e. The molecule has 0 unspecified atom stereocenters. The molecule has 2 nitrogen and oxygen atoms in total. The average molecular weight is 465 g/mol. The van der Waals surface area contributed by atoms with Gasteiger partial charge in [0.05, 0.1) is 5.56 Å². The van der Waals surface area contributed by atoms with Crippen molar-refractivity contribution in [3.63, 3.8) is 0 Å². The Bertz CT molecular complexity index is 875. The maximum atomic E-state index is 14.8. The van der Waals surface area contributed by atoms with Gasteiger partial charge in [0.1, 0.15) is 19.6 Å². The summed E-state index contributed by atoms with van der Waals surface area (Å²) in [5.41, 5.74) is 5.58. The summed E-state index contributed by atoms with van der Waals surface area (Å²) in [6, 6.07) is 6.98. The molecule has 0 aliphatic heterocycles. The lowest BCUT2D eigenvalue weighted by Crippen LogP contribution is -2.43. The standard InChI is InChI=1S/C23H30BrFO2Si/c1-15(2)28(16(3)4,17(5)6)11-10-20-22(25)9-8-18-12-19(27-14-26-7)13-21(24)23(18)20/h8-9,12-13,15-17H,14H2,1-7H3. The van der Waals surface area contributed by atoms with Crippen LogP contribution < -0.4 is 4.74 Å². The Labute approximate surface area is 177 Å². The molecule has 0 saturated carbocycles. The van der Waals surface area contributed by atoms with Gasteiger partial charge >= 0.3 is 0 Å². The molecule has 0 radical (unpaired) electrons. The predicted octanol–water partition coefficient (Wildman–Crippen LogP) is 7.29. The van der Waals surface area contributed by atoms with E-state index in [0.717, 1.165) is 15.2 Å². The molecule has 0 aromatic heterocycles. The fourth-order valence-electron chi connectivity index (χ4n) is 4.30. The SMILES string of the molecule is COCOc1cc(Br)c2c(C#C[Si](C(C)C)(C(C)C)C(C)C)c(F)ccc2c1. The summed E-state index contributed by atoms with van der Waals surface area (Å²) in [5.74, 6) is 3.67. The number of hydrogen-bond donors (Lipinski definition) is 0. The van der Waals surface area contributed by atoms with Gasteiger partial charge in [-0.1, -0.05) is 53.5 Å². The molecule has 0 heterocycles. The van der Waals surface area contributed by atoms with Gasteiger partial charge in [-0.15, -0.1) is 5.54 Å². The van der Waals surface area contributed by atoms with Gasteiger partial charge in [0.15, 0.2) is 6.79 Å². The Kier molecular flexibility index (Phi) is 7.72. The van der Waals surface area contributed by atoms with E-state index in [2.05, 4.69) is 68.9 Å². The largest absolute Gasteiger partial charge is 0.468 e. The summed E-state index contributed by atoms with van der Waals surface area (Å²) in [6.45, 7) is 13.7. The molecule has 0 atom stereocenters. The molecule has 0 spiro atoms. The molecular formula is C23H30BrFO2Si. The Morgan fingerprint density at radius 1 is 1.04 bits per heavy atom. The molecule has 0 aliphatic carbocycles. The van der Waals surface area contributed by atoms with Gasteiger partial charge in [-0.05, 0) is 56.1 Å². The van der Waals surface area contributed by atoms with Gasteiger partial charge in [0.2, 0.25) is 0 Å². The monoisotopic (exact) mass is 464 g/mol. The number of rotatable bonds is 6. The Balaban J connectivity index is 2.68. The molecule has 0 amide bonds. The van der Waals surface area contributed by atoms with Gasteiger partial charge < -0.3 is 9.47 Å². The van der Waals surface area contributed by atoms with E-state index in [0.29, 0.717) is 27.9 Å². The predicted molar refractivity (Wildman–Crippen MR) is 122 cm³/mol. The minimum atomic E-state index is -1.95. The van der Waals surface area contributed by atoms with Crippen LogP contribution >= 0.6 is 15.9 Å². The zero-order chi connectivity index (χ0) is 21.1. The second-order valence-corrected chi connectivity index (χ2v) is 14.6. The summed E-state index contributed by atoms with van der Waals surface area (Å²) in [6.07, 6.45) is 0. The van der Waals surface area contributed by atoms with Crippen molar-refractivity contribution in [2.75, 3.05) is 13.9 Å². The number of fused-ring (bicyclic) bond motifs is 1.